The Labute approximate surface area is 121 Å². The first-order chi connectivity index (χ1) is 9.97. The van der Waals surface area contributed by atoms with Crippen LogP contribution in [0.15, 0.2) is 24.3 Å². The molecule has 1 heterocycles. The molecule has 1 aliphatic heterocycles. The Bertz CT molecular complexity index is 585. The lowest BCUT2D eigenvalue weighted by molar-refractivity contribution is -0.131. The van der Waals surface area contributed by atoms with Crippen LogP contribution in [-0.2, 0) is 9.53 Å². The van der Waals surface area contributed by atoms with Gasteiger partial charge in [0.15, 0.2) is 0 Å². The van der Waals surface area contributed by atoms with Crippen LogP contribution in [0.3, 0.4) is 0 Å². The second-order valence-electron chi connectivity index (χ2n) is 4.84. The lowest BCUT2D eigenvalue weighted by Crippen LogP contribution is -2.44. The number of hydrogen-bond donors (Lipinski definition) is 1. The first kappa shape index (κ1) is 15.2. The molecule has 1 unspecified atom stereocenters. The Kier molecular flexibility index (Phi) is 4.70. The van der Waals surface area contributed by atoms with E-state index in [1.165, 1.54) is 12.1 Å². The highest BCUT2D eigenvalue weighted by Gasteiger charge is 2.22. The molecule has 112 valence electrons. The number of rotatable bonds is 3. The number of carboxylic acid groups (broad SMARTS) is 1. The van der Waals surface area contributed by atoms with Gasteiger partial charge in [-0.25, -0.2) is 9.18 Å². The highest BCUT2D eigenvalue weighted by Crippen LogP contribution is 2.15. The van der Waals surface area contributed by atoms with E-state index in [-0.39, 0.29) is 23.1 Å². The number of morpholine rings is 1. The van der Waals surface area contributed by atoms with Crippen molar-refractivity contribution in [1.82, 2.24) is 4.90 Å². The van der Waals surface area contributed by atoms with Gasteiger partial charge in [0.05, 0.1) is 12.7 Å². The second kappa shape index (κ2) is 6.49. The van der Waals surface area contributed by atoms with E-state index in [1.807, 2.05) is 6.92 Å². The van der Waals surface area contributed by atoms with Gasteiger partial charge in [-0.3, -0.25) is 4.79 Å². The molecule has 1 N–H and O–H groups in total. The van der Waals surface area contributed by atoms with Crippen LogP contribution in [-0.4, -0.2) is 47.7 Å². The molecule has 1 aliphatic rings. The molecule has 1 aromatic carbocycles. The number of carbonyl (C=O) groups is 2. The van der Waals surface area contributed by atoms with Gasteiger partial charge in [-0.15, -0.1) is 0 Å². The number of ether oxygens (including phenoxy) is 1. The van der Waals surface area contributed by atoms with E-state index in [1.54, 1.807) is 4.90 Å². The van der Waals surface area contributed by atoms with Crippen molar-refractivity contribution in [1.29, 1.82) is 0 Å². The van der Waals surface area contributed by atoms with E-state index in [2.05, 4.69) is 0 Å². The summed E-state index contributed by atoms with van der Waals surface area (Å²) >= 11 is 0. The van der Waals surface area contributed by atoms with E-state index in [9.17, 15) is 14.0 Å². The molecule has 1 aromatic rings. The number of carbonyl (C=O) groups excluding carboxylic acids is 1. The molecule has 0 aliphatic carbocycles. The zero-order chi connectivity index (χ0) is 15.4. The molecule has 0 radical (unpaired) electrons. The van der Waals surface area contributed by atoms with Crippen LogP contribution in [0.1, 0.15) is 22.8 Å². The number of nitrogens with zero attached hydrogens (tertiary/aromatic N) is 1. The fourth-order valence-corrected chi connectivity index (χ4v) is 2.14. The molecule has 1 fully saturated rings. The van der Waals surface area contributed by atoms with Crippen molar-refractivity contribution in [2.75, 3.05) is 19.7 Å². The van der Waals surface area contributed by atoms with Gasteiger partial charge >= 0.3 is 5.97 Å². The third-order valence-electron chi connectivity index (χ3n) is 3.18. The van der Waals surface area contributed by atoms with Gasteiger partial charge in [0, 0.05) is 30.3 Å². The van der Waals surface area contributed by atoms with E-state index < -0.39 is 11.8 Å². The highest BCUT2D eigenvalue weighted by atomic mass is 19.1. The van der Waals surface area contributed by atoms with Crippen LogP contribution < -0.4 is 0 Å². The first-order valence-corrected chi connectivity index (χ1v) is 6.59. The molecule has 6 heteroatoms. The number of carboxylic acids is 1. The quantitative estimate of drug-likeness (QED) is 0.863. The Hall–Kier alpha value is -2.21. The number of aliphatic carboxylic acids is 1. The van der Waals surface area contributed by atoms with Crippen molar-refractivity contribution >= 4 is 18.0 Å². The number of halogens is 1. The molecule has 1 saturated heterocycles. The Morgan fingerprint density at radius 2 is 2.24 bits per heavy atom. The van der Waals surface area contributed by atoms with E-state index >= 15 is 0 Å². The summed E-state index contributed by atoms with van der Waals surface area (Å²) in [6.45, 7) is 3.29. The minimum Gasteiger partial charge on any atom is -0.478 e. The summed E-state index contributed by atoms with van der Waals surface area (Å²) in [4.78, 5) is 24.3. The first-order valence-electron chi connectivity index (χ1n) is 6.59. The van der Waals surface area contributed by atoms with E-state index in [0.717, 1.165) is 18.2 Å². The summed E-state index contributed by atoms with van der Waals surface area (Å²) in [5.74, 6) is -2.03. The lowest BCUT2D eigenvalue weighted by atomic mass is 10.1. The molecule has 1 amide bonds. The van der Waals surface area contributed by atoms with Gasteiger partial charge in [-0.05, 0) is 25.1 Å². The number of hydrogen-bond acceptors (Lipinski definition) is 3. The topological polar surface area (TPSA) is 66.8 Å². The zero-order valence-electron chi connectivity index (χ0n) is 11.6. The Balaban J connectivity index is 2.15. The Morgan fingerprint density at radius 3 is 2.86 bits per heavy atom. The van der Waals surface area contributed by atoms with Gasteiger partial charge < -0.3 is 14.7 Å². The summed E-state index contributed by atoms with van der Waals surface area (Å²) < 4.78 is 19.2. The van der Waals surface area contributed by atoms with Crippen LogP contribution >= 0.6 is 0 Å². The molecule has 0 spiro atoms. The van der Waals surface area contributed by atoms with Crippen LogP contribution in [0.2, 0.25) is 0 Å². The fraction of sp³-hybridized carbons (Fsp3) is 0.333. The molecule has 2 rings (SSSR count). The van der Waals surface area contributed by atoms with E-state index in [0.29, 0.717) is 19.7 Å². The van der Waals surface area contributed by atoms with Crippen LogP contribution in [0.5, 0.6) is 0 Å². The summed E-state index contributed by atoms with van der Waals surface area (Å²) in [6.07, 6.45) is 1.97. The molecule has 0 saturated carbocycles. The average Bonchev–Trinajstić information content (AvgIpc) is 2.45. The smallest absolute Gasteiger partial charge is 0.328 e. The number of amides is 1. The van der Waals surface area contributed by atoms with Crippen molar-refractivity contribution in [3.63, 3.8) is 0 Å². The fourth-order valence-electron chi connectivity index (χ4n) is 2.14. The minimum absolute atomic E-state index is 0.0367. The monoisotopic (exact) mass is 293 g/mol. The molecule has 0 bridgehead atoms. The van der Waals surface area contributed by atoms with Crippen molar-refractivity contribution < 1.29 is 23.8 Å². The Morgan fingerprint density at radius 1 is 1.48 bits per heavy atom. The maximum atomic E-state index is 13.9. The molecule has 0 aromatic heterocycles. The summed E-state index contributed by atoms with van der Waals surface area (Å²) in [6, 6.07) is 4.02. The average molecular weight is 293 g/mol. The van der Waals surface area contributed by atoms with E-state index in [4.69, 9.17) is 9.84 Å². The largest absolute Gasteiger partial charge is 0.478 e. The summed E-state index contributed by atoms with van der Waals surface area (Å²) in [7, 11) is 0. The normalized spacial score (nSPS) is 19.0. The SMILES string of the molecule is CC1CN(C(=O)c2ccc(C=CC(=O)O)c(F)c2)CCO1. The zero-order valence-corrected chi connectivity index (χ0v) is 11.6. The van der Waals surface area contributed by atoms with Gasteiger partial charge in [-0.1, -0.05) is 6.07 Å². The molecule has 21 heavy (non-hydrogen) atoms. The predicted octanol–water partition coefficient (Wildman–Crippen LogP) is 1.78. The van der Waals surface area contributed by atoms with Gasteiger partial charge in [0.2, 0.25) is 0 Å². The summed E-state index contributed by atoms with van der Waals surface area (Å²) in [5, 5.41) is 8.52. The highest BCUT2D eigenvalue weighted by molar-refractivity contribution is 5.94. The van der Waals surface area contributed by atoms with Crippen molar-refractivity contribution in [3.05, 3.63) is 41.2 Å². The third kappa shape index (κ3) is 3.88. The van der Waals surface area contributed by atoms with Gasteiger partial charge in [0.25, 0.3) is 5.91 Å². The molecular weight excluding hydrogens is 277 g/mol. The van der Waals surface area contributed by atoms with Crippen molar-refractivity contribution in [2.45, 2.75) is 13.0 Å². The summed E-state index contributed by atoms with van der Waals surface area (Å²) in [5.41, 5.74) is 0.373. The maximum Gasteiger partial charge on any atom is 0.328 e. The standard InChI is InChI=1S/C15H16FNO4/c1-10-9-17(6-7-21-10)15(20)12-3-2-11(13(16)8-12)4-5-14(18)19/h2-5,8,10H,6-7,9H2,1H3,(H,18,19). The lowest BCUT2D eigenvalue weighted by Gasteiger charge is -2.31. The van der Waals surface area contributed by atoms with Crippen LogP contribution in [0.25, 0.3) is 6.08 Å². The maximum absolute atomic E-state index is 13.9. The minimum atomic E-state index is -1.16. The van der Waals surface area contributed by atoms with Crippen LogP contribution in [0, 0.1) is 5.82 Å². The van der Waals surface area contributed by atoms with Gasteiger partial charge in [0.1, 0.15) is 5.82 Å². The second-order valence-corrected chi connectivity index (χ2v) is 4.84. The number of benzene rings is 1. The molecule has 1 atom stereocenters. The predicted molar refractivity (Wildman–Crippen MR) is 74.4 cm³/mol. The van der Waals surface area contributed by atoms with Crippen LogP contribution in [0.4, 0.5) is 4.39 Å². The molecular formula is C15H16FNO4. The third-order valence-corrected chi connectivity index (χ3v) is 3.18. The van der Waals surface area contributed by atoms with Gasteiger partial charge in [-0.2, -0.15) is 0 Å². The molecule has 5 nitrogen and oxygen atoms in total. The van der Waals surface area contributed by atoms with Crippen molar-refractivity contribution in [3.8, 4) is 0 Å². The van der Waals surface area contributed by atoms with Crippen molar-refractivity contribution in [2.24, 2.45) is 0 Å².